The van der Waals surface area contributed by atoms with Crippen LogP contribution in [0.5, 0.6) is 0 Å². The number of aryl methyl sites for hydroxylation is 2. The van der Waals surface area contributed by atoms with Gasteiger partial charge >= 0.3 is 0 Å². The number of nitrogens with two attached hydrogens (primary N) is 1. The van der Waals surface area contributed by atoms with Crippen molar-refractivity contribution in [1.29, 1.82) is 0 Å². The summed E-state index contributed by atoms with van der Waals surface area (Å²) in [7, 11) is 0. The van der Waals surface area contributed by atoms with Crippen molar-refractivity contribution in [3.8, 4) is 0 Å². The molecule has 1 rings (SSSR count). The Morgan fingerprint density at radius 1 is 1.29 bits per heavy atom. The maximum atomic E-state index is 11.5. The molecule has 0 bridgehead atoms. The largest absolute Gasteiger partial charge is 0.348 e. The van der Waals surface area contributed by atoms with Gasteiger partial charge in [-0.05, 0) is 38.8 Å². The molecule has 4 heteroatoms. The molecular weight excluding hydrogens is 236 g/mol. The van der Waals surface area contributed by atoms with Crippen LogP contribution >= 0.6 is 12.4 Å². The average Bonchev–Trinajstić information content (AvgIpc) is 2.16. The Balaban J connectivity index is 0.00000256. The molecule has 0 spiro atoms. The fourth-order valence-corrected chi connectivity index (χ4v) is 1.73. The third-order valence-electron chi connectivity index (χ3n) is 2.66. The quantitative estimate of drug-likeness (QED) is 0.872. The first-order valence-electron chi connectivity index (χ1n) is 5.55. The van der Waals surface area contributed by atoms with Gasteiger partial charge in [0.05, 0.1) is 12.1 Å². The number of carbonyl (C=O) groups is 1. The van der Waals surface area contributed by atoms with Gasteiger partial charge in [0.15, 0.2) is 0 Å². The molecule has 0 aliphatic rings. The summed E-state index contributed by atoms with van der Waals surface area (Å²) in [5, 5.41) is 2.89. The summed E-state index contributed by atoms with van der Waals surface area (Å²) in [6.45, 7) is 7.76. The summed E-state index contributed by atoms with van der Waals surface area (Å²) >= 11 is 0. The minimum atomic E-state index is -0.465. The van der Waals surface area contributed by atoms with Crippen LogP contribution in [0.25, 0.3) is 0 Å². The Kier molecular flexibility index (Phi) is 6.21. The minimum absolute atomic E-state index is 0. The van der Waals surface area contributed by atoms with Gasteiger partial charge in [-0.3, -0.25) is 4.79 Å². The summed E-state index contributed by atoms with van der Waals surface area (Å²) < 4.78 is 0. The van der Waals surface area contributed by atoms with Crippen molar-refractivity contribution in [3.63, 3.8) is 0 Å². The van der Waals surface area contributed by atoms with E-state index in [1.54, 1.807) is 6.92 Å². The van der Waals surface area contributed by atoms with E-state index in [1.165, 1.54) is 11.1 Å². The summed E-state index contributed by atoms with van der Waals surface area (Å²) in [5.74, 6) is -0.118. The Bertz CT molecular complexity index is 391. The van der Waals surface area contributed by atoms with E-state index >= 15 is 0 Å². The van der Waals surface area contributed by atoms with Crippen molar-refractivity contribution in [2.45, 2.75) is 39.8 Å². The number of amides is 1. The second-order valence-corrected chi connectivity index (χ2v) is 4.38. The normalized spacial score (nSPS) is 13.5. The Morgan fingerprint density at radius 2 is 1.88 bits per heavy atom. The predicted octanol–water partition coefficient (Wildman–Crippen LogP) is 2.25. The monoisotopic (exact) mass is 256 g/mol. The van der Waals surface area contributed by atoms with Crippen LogP contribution in [-0.2, 0) is 4.79 Å². The van der Waals surface area contributed by atoms with E-state index in [0.717, 1.165) is 5.56 Å². The van der Waals surface area contributed by atoms with Gasteiger partial charge < -0.3 is 11.1 Å². The maximum absolute atomic E-state index is 11.5. The van der Waals surface area contributed by atoms with Gasteiger partial charge in [-0.15, -0.1) is 12.4 Å². The van der Waals surface area contributed by atoms with Gasteiger partial charge in [0.25, 0.3) is 0 Å². The average molecular weight is 257 g/mol. The molecule has 0 fully saturated rings. The lowest BCUT2D eigenvalue weighted by atomic mass is 10.00. The van der Waals surface area contributed by atoms with E-state index in [1.807, 2.05) is 6.92 Å². The lowest BCUT2D eigenvalue weighted by molar-refractivity contribution is -0.122. The van der Waals surface area contributed by atoms with E-state index < -0.39 is 6.04 Å². The highest BCUT2D eigenvalue weighted by Crippen LogP contribution is 2.18. The van der Waals surface area contributed by atoms with Gasteiger partial charge in [0.2, 0.25) is 5.91 Å². The zero-order chi connectivity index (χ0) is 12.3. The van der Waals surface area contributed by atoms with Crippen molar-refractivity contribution < 1.29 is 4.79 Å². The van der Waals surface area contributed by atoms with Crippen LogP contribution in [0.1, 0.15) is 36.6 Å². The highest BCUT2D eigenvalue weighted by Gasteiger charge is 2.13. The summed E-state index contributed by atoms with van der Waals surface area (Å²) in [5.41, 5.74) is 9.07. The second-order valence-electron chi connectivity index (χ2n) is 4.38. The molecule has 2 unspecified atom stereocenters. The van der Waals surface area contributed by atoms with Crippen molar-refractivity contribution in [2.75, 3.05) is 0 Å². The third kappa shape index (κ3) is 4.36. The minimum Gasteiger partial charge on any atom is -0.348 e. The topological polar surface area (TPSA) is 55.1 Å². The number of hydrogen-bond acceptors (Lipinski definition) is 2. The molecule has 2 atom stereocenters. The first-order valence-corrected chi connectivity index (χ1v) is 5.55. The number of halogens is 1. The van der Waals surface area contributed by atoms with Gasteiger partial charge in [-0.25, -0.2) is 0 Å². The molecule has 17 heavy (non-hydrogen) atoms. The molecule has 0 saturated carbocycles. The van der Waals surface area contributed by atoms with Crippen LogP contribution in [0.4, 0.5) is 0 Å². The van der Waals surface area contributed by atoms with E-state index in [0.29, 0.717) is 0 Å². The lowest BCUT2D eigenvalue weighted by Gasteiger charge is -2.18. The first-order chi connectivity index (χ1) is 7.41. The Morgan fingerprint density at radius 3 is 2.35 bits per heavy atom. The Hall–Kier alpha value is -1.06. The number of carbonyl (C=O) groups excluding carboxylic acids is 1. The summed E-state index contributed by atoms with van der Waals surface area (Å²) in [6.07, 6.45) is 0. The van der Waals surface area contributed by atoms with Crippen LogP contribution in [0.3, 0.4) is 0 Å². The van der Waals surface area contributed by atoms with Crippen molar-refractivity contribution in [2.24, 2.45) is 5.73 Å². The number of rotatable bonds is 3. The molecule has 1 aromatic carbocycles. The van der Waals surface area contributed by atoms with Crippen molar-refractivity contribution in [1.82, 2.24) is 5.32 Å². The molecule has 0 heterocycles. The predicted molar refractivity (Wildman–Crippen MR) is 73.4 cm³/mol. The van der Waals surface area contributed by atoms with E-state index in [-0.39, 0.29) is 24.4 Å². The van der Waals surface area contributed by atoms with Crippen LogP contribution in [0.15, 0.2) is 18.2 Å². The molecule has 0 aliphatic carbocycles. The zero-order valence-electron chi connectivity index (χ0n) is 10.8. The molecule has 0 radical (unpaired) electrons. The standard InChI is InChI=1S/C13H20N2O.ClH/c1-8-5-6-12(9(2)7-8)11(4)15-13(16)10(3)14;/h5-7,10-11H,14H2,1-4H3,(H,15,16);1H. The molecule has 3 nitrogen and oxygen atoms in total. The van der Waals surface area contributed by atoms with E-state index in [4.69, 9.17) is 5.73 Å². The number of nitrogens with one attached hydrogen (secondary N) is 1. The molecule has 3 N–H and O–H groups in total. The Labute approximate surface area is 109 Å². The van der Waals surface area contributed by atoms with Crippen LogP contribution < -0.4 is 11.1 Å². The summed E-state index contributed by atoms with van der Waals surface area (Å²) in [4.78, 5) is 11.5. The molecular formula is C13H21ClN2O. The van der Waals surface area contributed by atoms with E-state index in [2.05, 4.69) is 37.4 Å². The molecule has 1 amide bonds. The highest BCUT2D eigenvalue weighted by atomic mass is 35.5. The fourth-order valence-electron chi connectivity index (χ4n) is 1.73. The van der Waals surface area contributed by atoms with Gasteiger partial charge in [0.1, 0.15) is 0 Å². The maximum Gasteiger partial charge on any atom is 0.237 e. The zero-order valence-corrected chi connectivity index (χ0v) is 11.6. The molecule has 0 aromatic heterocycles. The lowest BCUT2D eigenvalue weighted by Crippen LogP contribution is -2.39. The second kappa shape index (κ2) is 6.62. The smallest absolute Gasteiger partial charge is 0.237 e. The van der Waals surface area contributed by atoms with Crippen LogP contribution in [0, 0.1) is 13.8 Å². The molecule has 1 aromatic rings. The third-order valence-corrected chi connectivity index (χ3v) is 2.66. The number of benzene rings is 1. The molecule has 0 aliphatic heterocycles. The van der Waals surface area contributed by atoms with Gasteiger partial charge in [-0.1, -0.05) is 23.8 Å². The first kappa shape index (κ1) is 15.9. The van der Waals surface area contributed by atoms with Gasteiger partial charge in [0, 0.05) is 0 Å². The van der Waals surface area contributed by atoms with Crippen molar-refractivity contribution in [3.05, 3.63) is 34.9 Å². The SMILES string of the molecule is Cc1ccc(C(C)NC(=O)C(C)N)c(C)c1.Cl. The van der Waals surface area contributed by atoms with Crippen LogP contribution in [0.2, 0.25) is 0 Å². The van der Waals surface area contributed by atoms with Crippen molar-refractivity contribution >= 4 is 18.3 Å². The van der Waals surface area contributed by atoms with E-state index in [9.17, 15) is 4.79 Å². The van der Waals surface area contributed by atoms with Crippen LogP contribution in [-0.4, -0.2) is 11.9 Å². The molecule has 0 saturated heterocycles. The summed E-state index contributed by atoms with van der Waals surface area (Å²) in [6, 6.07) is 5.75. The highest BCUT2D eigenvalue weighted by molar-refractivity contribution is 5.85. The molecule has 96 valence electrons. The van der Waals surface area contributed by atoms with Gasteiger partial charge in [-0.2, -0.15) is 0 Å². The fraction of sp³-hybridized carbons (Fsp3) is 0.462. The number of hydrogen-bond donors (Lipinski definition) is 2.